The first-order valence-electron chi connectivity index (χ1n) is 9.78. The number of benzene rings is 2. The number of hydrogen-bond acceptors (Lipinski definition) is 5. The first kappa shape index (κ1) is 24.9. The predicted molar refractivity (Wildman–Crippen MR) is 126 cm³/mol. The minimum Gasteiger partial charge on any atom is -0.497 e. The first-order valence-corrected chi connectivity index (χ1v) is 10.3. The van der Waals surface area contributed by atoms with Crippen LogP contribution in [0.1, 0.15) is 28.4 Å². The van der Waals surface area contributed by atoms with Gasteiger partial charge in [-0.2, -0.15) is 0 Å². The predicted octanol–water partition coefficient (Wildman–Crippen LogP) is 3.46. The molecule has 2 aromatic carbocycles. The number of rotatable bonds is 10. The lowest BCUT2D eigenvalue weighted by molar-refractivity contribution is 0.0957. The van der Waals surface area contributed by atoms with Crippen molar-refractivity contribution < 1.29 is 13.9 Å². The zero-order valence-electron chi connectivity index (χ0n) is 18.0. The summed E-state index contributed by atoms with van der Waals surface area (Å²) in [5, 5.41) is 8.19. The monoisotopic (exact) mass is 459 g/mol. The fraction of sp³-hybridized carbons (Fsp3) is 0.217. The van der Waals surface area contributed by atoms with E-state index in [1.807, 2.05) is 24.3 Å². The van der Waals surface area contributed by atoms with Crippen LogP contribution in [0, 0.1) is 0 Å². The second kappa shape index (κ2) is 12.5. The molecule has 0 saturated carbocycles. The molecule has 2 rings (SSSR count). The van der Waals surface area contributed by atoms with Gasteiger partial charge in [0, 0.05) is 17.7 Å². The number of hydrogen-bond donors (Lipinski definition) is 3. The number of hydrazine groups is 1. The molecule has 0 spiro atoms. The lowest BCUT2D eigenvalue weighted by Crippen LogP contribution is -2.29. The summed E-state index contributed by atoms with van der Waals surface area (Å²) in [5.74, 6) is 5.96. The van der Waals surface area contributed by atoms with Gasteiger partial charge in [0.05, 0.1) is 19.5 Å². The average Bonchev–Trinajstić information content (AvgIpc) is 2.81. The summed E-state index contributed by atoms with van der Waals surface area (Å²) in [4.78, 5) is 12.5. The van der Waals surface area contributed by atoms with E-state index in [-0.39, 0.29) is 24.2 Å². The number of nitrogens with one attached hydrogen (secondary N) is 1. The molecular formula is C23H27ClFN5O2. The Morgan fingerprint density at radius 2 is 1.91 bits per heavy atom. The fourth-order valence-corrected chi connectivity index (χ4v) is 2.72. The number of carbonyl (C=O) groups is 1. The van der Waals surface area contributed by atoms with Gasteiger partial charge in [-0.1, -0.05) is 35.9 Å². The number of alkyl halides is 1. The van der Waals surface area contributed by atoms with Gasteiger partial charge in [-0.25, -0.2) is 15.4 Å². The second-order valence-electron chi connectivity index (χ2n) is 6.95. The van der Waals surface area contributed by atoms with Crippen LogP contribution in [-0.2, 0) is 6.54 Å². The Morgan fingerprint density at radius 1 is 1.22 bits per heavy atom. The molecule has 0 aliphatic carbocycles. The van der Waals surface area contributed by atoms with Crippen molar-refractivity contribution in [2.24, 2.45) is 16.7 Å². The number of carbonyl (C=O) groups excluding carboxylic acids is 1. The number of halogens is 2. The van der Waals surface area contributed by atoms with Gasteiger partial charge in [0.2, 0.25) is 0 Å². The Hall–Kier alpha value is -3.36. The van der Waals surface area contributed by atoms with Gasteiger partial charge in [-0.05, 0) is 42.8 Å². The summed E-state index contributed by atoms with van der Waals surface area (Å²) in [6.07, 6.45) is 2.84. The van der Waals surface area contributed by atoms with Crippen LogP contribution in [0.3, 0.4) is 0 Å². The Bertz CT molecular complexity index is 1010. The normalized spacial score (nSPS) is 12.5. The summed E-state index contributed by atoms with van der Waals surface area (Å²) >= 11 is 5.39. The summed E-state index contributed by atoms with van der Waals surface area (Å²) in [6, 6.07) is 14.2. The van der Waals surface area contributed by atoms with Gasteiger partial charge in [0.15, 0.2) is 5.84 Å². The van der Waals surface area contributed by atoms with Crippen LogP contribution >= 0.6 is 11.6 Å². The molecule has 0 unspecified atom stereocenters. The third-order valence-corrected chi connectivity index (χ3v) is 4.62. The number of ether oxygens (including phenoxy) is 1. The highest BCUT2D eigenvalue weighted by atomic mass is 35.5. The van der Waals surface area contributed by atoms with E-state index >= 15 is 0 Å². The SMILES string of the molecule is COc1ccc(CN(N)/N=C(\N)c2cccc(C(=O)NC/C(C)=C/C=C(/F)CCl)c2)cc1. The fourth-order valence-electron chi connectivity index (χ4n) is 2.63. The van der Waals surface area contributed by atoms with Gasteiger partial charge < -0.3 is 15.8 Å². The van der Waals surface area contributed by atoms with Crippen molar-refractivity contribution >= 4 is 23.3 Å². The molecule has 2 aromatic rings. The molecule has 0 aromatic heterocycles. The van der Waals surface area contributed by atoms with Crippen LogP contribution in [0.4, 0.5) is 4.39 Å². The second-order valence-corrected chi connectivity index (χ2v) is 7.22. The Balaban J connectivity index is 2.01. The quantitative estimate of drug-likeness (QED) is 0.126. The average molecular weight is 460 g/mol. The van der Waals surface area contributed by atoms with E-state index in [2.05, 4.69) is 10.4 Å². The third kappa shape index (κ3) is 8.05. The maximum absolute atomic E-state index is 13.1. The molecule has 32 heavy (non-hydrogen) atoms. The lowest BCUT2D eigenvalue weighted by Gasteiger charge is -2.14. The van der Waals surface area contributed by atoms with Crippen molar-refractivity contribution in [2.75, 3.05) is 19.5 Å². The Kier molecular flexibility index (Phi) is 9.72. The van der Waals surface area contributed by atoms with E-state index in [0.29, 0.717) is 17.7 Å². The molecule has 0 saturated heterocycles. The first-order chi connectivity index (χ1) is 15.3. The molecule has 0 bridgehead atoms. The van der Waals surface area contributed by atoms with E-state index in [4.69, 9.17) is 27.9 Å². The summed E-state index contributed by atoms with van der Waals surface area (Å²) in [6.45, 7) is 2.38. The van der Waals surface area contributed by atoms with E-state index in [1.165, 1.54) is 11.2 Å². The molecule has 9 heteroatoms. The van der Waals surface area contributed by atoms with Crippen LogP contribution in [0.15, 0.2) is 77.2 Å². The zero-order valence-corrected chi connectivity index (χ0v) is 18.8. The summed E-state index contributed by atoms with van der Waals surface area (Å²) in [5.41, 5.74) is 8.76. The number of nitrogens with two attached hydrogens (primary N) is 2. The lowest BCUT2D eigenvalue weighted by atomic mass is 10.1. The topological polar surface area (TPSA) is 106 Å². The minimum absolute atomic E-state index is 0.174. The molecule has 0 fully saturated rings. The molecule has 170 valence electrons. The van der Waals surface area contributed by atoms with E-state index < -0.39 is 5.83 Å². The number of amidine groups is 1. The van der Waals surface area contributed by atoms with Crippen molar-refractivity contribution in [1.29, 1.82) is 0 Å². The highest BCUT2D eigenvalue weighted by Gasteiger charge is 2.09. The molecule has 0 heterocycles. The van der Waals surface area contributed by atoms with Gasteiger partial charge in [0.1, 0.15) is 11.6 Å². The number of methoxy groups -OCH3 is 1. The van der Waals surface area contributed by atoms with Gasteiger partial charge >= 0.3 is 0 Å². The molecule has 0 atom stereocenters. The maximum Gasteiger partial charge on any atom is 0.251 e. The molecule has 7 nitrogen and oxygen atoms in total. The largest absolute Gasteiger partial charge is 0.497 e. The highest BCUT2D eigenvalue weighted by Crippen LogP contribution is 2.12. The van der Waals surface area contributed by atoms with Crippen molar-refractivity contribution in [3.05, 3.63) is 88.8 Å². The van der Waals surface area contributed by atoms with Crippen LogP contribution in [0.2, 0.25) is 0 Å². The molecule has 1 amide bonds. The molecule has 5 N–H and O–H groups in total. The molecule has 0 radical (unpaired) electrons. The van der Waals surface area contributed by atoms with E-state index in [9.17, 15) is 9.18 Å². The van der Waals surface area contributed by atoms with Gasteiger partial charge in [-0.15, -0.1) is 16.7 Å². The van der Waals surface area contributed by atoms with E-state index in [0.717, 1.165) is 16.9 Å². The smallest absolute Gasteiger partial charge is 0.251 e. The summed E-state index contributed by atoms with van der Waals surface area (Å²) in [7, 11) is 1.60. The number of hydrazone groups is 1. The van der Waals surface area contributed by atoms with Crippen molar-refractivity contribution in [2.45, 2.75) is 13.5 Å². The van der Waals surface area contributed by atoms with Crippen molar-refractivity contribution in [3.63, 3.8) is 0 Å². The van der Waals surface area contributed by atoms with Gasteiger partial charge in [-0.3, -0.25) is 4.79 Å². The minimum atomic E-state index is -0.444. The molecule has 0 aliphatic rings. The molecule has 0 aliphatic heterocycles. The number of allylic oxidation sites excluding steroid dienone is 3. The Morgan fingerprint density at radius 3 is 2.56 bits per heavy atom. The number of nitrogens with zero attached hydrogens (tertiary/aromatic N) is 2. The van der Waals surface area contributed by atoms with Crippen molar-refractivity contribution in [3.8, 4) is 5.75 Å². The van der Waals surface area contributed by atoms with E-state index in [1.54, 1.807) is 44.4 Å². The van der Waals surface area contributed by atoms with Crippen LogP contribution in [0.25, 0.3) is 0 Å². The zero-order chi connectivity index (χ0) is 23.5. The third-order valence-electron chi connectivity index (χ3n) is 4.36. The Labute approximate surface area is 192 Å². The standard InChI is InChI=1S/C23H27ClFN5O2/c1-16(6-9-20(25)13-24)14-28-23(31)19-5-3-4-18(12-19)22(26)29-30(27)15-17-7-10-21(32-2)11-8-17/h3-12H,13-15,27H2,1-2H3,(H2,26,29)(H,28,31)/b16-6+,20-9+. The van der Waals surface area contributed by atoms with Crippen molar-refractivity contribution in [1.82, 2.24) is 10.4 Å². The molecular weight excluding hydrogens is 433 g/mol. The highest BCUT2D eigenvalue weighted by molar-refractivity contribution is 6.19. The van der Waals surface area contributed by atoms with Crippen LogP contribution in [0.5, 0.6) is 5.75 Å². The van der Waals surface area contributed by atoms with Gasteiger partial charge in [0.25, 0.3) is 5.91 Å². The van der Waals surface area contributed by atoms with Crippen LogP contribution in [-0.4, -0.2) is 36.4 Å². The van der Waals surface area contributed by atoms with Crippen LogP contribution < -0.4 is 21.6 Å². The number of amides is 1. The maximum atomic E-state index is 13.1. The summed E-state index contributed by atoms with van der Waals surface area (Å²) < 4.78 is 18.2.